The number of nitrogens with zero attached hydrogens (tertiary/aromatic N) is 1. The molecule has 3 N–H and O–H groups in total. The van der Waals surface area contributed by atoms with E-state index in [1.807, 2.05) is 6.07 Å². The second kappa shape index (κ2) is 6.67. The van der Waals surface area contributed by atoms with Crippen molar-refractivity contribution < 1.29 is 24.3 Å². The number of carbonyl (C=O) groups is 2. The molecule has 1 amide bonds. The summed E-state index contributed by atoms with van der Waals surface area (Å²) >= 11 is 0. The lowest BCUT2D eigenvalue weighted by Gasteiger charge is -2.05. The first-order valence-electron chi connectivity index (χ1n) is 6.31. The number of aliphatic hydroxyl groups excluding tert-OH is 1. The van der Waals surface area contributed by atoms with Crippen molar-refractivity contribution in [2.45, 2.75) is 12.8 Å². The number of carboxylic acid groups (broad SMARTS) is 1. The van der Waals surface area contributed by atoms with Crippen molar-refractivity contribution in [3.05, 3.63) is 47.3 Å². The van der Waals surface area contributed by atoms with E-state index >= 15 is 0 Å². The van der Waals surface area contributed by atoms with Crippen molar-refractivity contribution in [1.29, 1.82) is 0 Å². The summed E-state index contributed by atoms with van der Waals surface area (Å²) in [6.07, 6.45) is 1.34. The zero-order chi connectivity index (χ0) is 15.2. The van der Waals surface area contributed by atoms with E-state index in [0.717, 1.165) is 11.6 Å². The van der Waals surface area contributed by atoms with Gasteiger partial charge in [0.15, 0.2) is 5.69 Å². The summed E-state index contributed by atoms with van der Waals surface area (Å²) in [4.78, 5) is 22.6. The van der Waals surface area contributed by atoms with Gasteiger partial charge in [-0.05, 0) is 30.5 Å². The van der Waals surface area contributed by atoms with Crippen LogP contribution in [0.2, 0.25) is 0 Å². The van der Waals surface area contributed by atoms with Crippen molar-refractivity contribution in [3.63, 3.8) is 0 Å². The van der Waals surface area contributed by atoms with Crippen molar-refractivity contribution >= 4 is 17.6 Å². The highest BCUT2D eigenvalue weighted by atomic mass is 16.5. The molecule has 0 aliphatic carbocycles. The van der Waals surface area contributed by atoms with Crippen LogP contribution in [0.25, 0.3) is 0 Å². The van der Waals surface area contributed by atoms with Crippen LogP contribution in [0.3, 0.4) is 0 Å². The van der Waals surface area contributed by atoms with E-state index in [2.05, 4.69) is 15.0 Å². The number of aromatic nitrogens is 1. The molecule has 0 aliphatic rings. The quantitative estimate of drug-likeness (QED) is 0.744. The average molecular weight is 290 g/mol. The number of aryl methyl sites for hydroxylation is 1. The number of nitrogens with one attached hydrogen (secondary N) is 1. The Balaban J connectivity index is 2.06. The summed E-state index contributed by atoms with van der Waals surface area (Å²) in [7, 11) is 0. The summed E-state index contributed by atoms with van der Waals surface area (Å²) < 4.78 is 4.52. The molecule has 2 aromatic rings. The van der Waals surface area contributed by atoms with Crippen molar-refractivity contribution in [2.24, 2.45) is 0 Å². The molecule has 110 valence electrons. The van der Waals surface area contributed by atoms with Gasteiger partial charge in [0, 0.05) is 18.4 Å². The molecule has 1 heterocycles. The molecule has 0 saturated heterocycles. The molecule has 0 spiro atoms. The van der Waals surface area contributed by atoms with E-state index in [1.165, 1.54) is 0 Å². The predicted octanol–water partition coefficient (Wildman–Crippen LogP) is 1.55. The molecule has 7 heteroatoms. The summed E-state index contributed by atoms with van der Waals surface area (Å²) in [5.41, 5.74) is 1.44. The third-order valence-corrected chi connectivity index (χ3v) is 2.76. The van der Waals surface area contributed by atoms with Gasteiger partial charge in [0.25, 0.3) is 5.91 Å². The van der Waals surface area contributed by atoms with Crippen LogP contribution in [0.15, 0.2) is 34.9 Å². The van der Waals surface area contributed by atoms with Gasteiger partial charge < -0.3 is 20.1 Å². The molecule has 0 atom stereocenters. The number of rotatable bonds is 6. The highest BCUT2D eigenvalue weighted by Crippen LogP contribution is 2.14. The fourth-order valence-corrected chi connectivity index (χ4v) is 1.77. The van der Waals surface area contributed by atoms with E-state index < -0.39 is 17.6 Å². The van der Waals surface area contributed by atoms with Crippen LogP contribution in [0.5, 0.6) is 0 Å². The lowest BCUT2D eigenvalue weighted by atomic mass is 10.1. The molecule has 2 rings (SSSR count). The molecule has 1 aromatic heterocycles. The van der Waals surface area contributed by atoms with Crippen molar-refractivity contribution in [1.82, 2.24) is 5.16 Å². The largest absolute Gasteiger partial charge is 0.475 e. The van der Waals surface area contributed by atoms with Crippen LogP contribution in [0.4, 0.5) is 5.69 Å². The Morgan fingerprint density at radius 3 is 2.76 bits per heavy atom. The Labute approximate surface area is 120 Å². The Hall–Kier alpha value is -2.67. The molecular weight excluding hydrogens is 276 g/mol. The fourth-order valence-electron chi connectivity index (χ4n) is 1.77. The molecule has 0 radical (unpaired) electrons. The summed E-state index contributed by atoms with van der Waals surface area (Å²) in [6, 6.07) is 8.23. The van der Waals surface area contributed by atoms with Crippen LogP contribution in [-0.4, -0.2) is 33.9 Å². The van der Waals surface area contributed by atoms with Crippen molar-refractivity contribution in [3.8, 4) is 0 Å². The SMILES string of the molecule is O=C(Nc1cccc(CCCO)c1)c1cc(C(=O)O)on1. The topological polar surface area (TPSA) is 113 Å². The van der Waals surface area contributed by atoms with E-state index in [0.29, 0.717) is 18.5 Å². The number of carboxylic acids is 1. The monoisotopic (exact) mass is 290 g/mol. The molecule has 0 fully saturated rings. The second-order valence-corrected chi connectivity index (χ2v) is 4.36. The van der Waals surface area contributed by atoms with Gasteiger partial charge in [0.2, 0.25) is 5.76 Å². The van der Waals surface area contributed by atoms with Crippen LogP contribution >= 0.6 is 0 Å². The highest BCUT2D eigenvalue weighted by molar-refractivity contribution is 6.03. The normalized spacial score (nSPS) is 10.3. The Morgan fingerprint density at radius 2 is 2.10 bits per heavy atom. The van der Waals surface area contributed by atoms with Gasteiger partial charge in [-0.1, -0.05) is 17.3 Å². The molecule has 0 unspecified atom stereocenters. The second-order valence-electron chi connectivity index (χ2n) is 4.36. The van der Waals surface area contributed by atoms with E-state index in [9.17, 15) is 9.59 Å². The van der Waals surface area contributed by atoms with E-state index in [-0.39, 0.29) is 12.3 Å². The van der Waals surface area contributed by atoms with Gasteiger partial charge in [-0.2, -0.15) is 0 Å². The molecule has 0 bridgehead atoms. The number of hydrogen-bond acceptors (Lipinski definition) is 5. The number of aliphatic hydroxyl groups is 1. The molecule has 0 aliphatic heterocycles. The first-order chi connectivity index (χ1) is 10.1. The molecule has 1 aromatic carbocycles. The number of benzene rings is 1. The maximum absolute atomic E-state index is 11.9. The van der Waals surface area contributed by atoms with Gasteiger partial charge in [-0.15, -0.1) is 0 Å². The van der Waals surface area contributed by atoms with Crippen LogP contribution in [0.1, 0.15) is 33.0 Å². The first kappa shape index (κ1) is 14.7. The Bertz CT molecular complexity index is 650. The van der Waals surface area contributed by atoms with Crippen molar-refractivity contribution in [2.75, 3.05) is 11.9 Å². The zero-order valence-electron chi connectivity index (χ0n) is 11.1. The number of amides is 1. The minimum absolute atomic E-state index is 0.104. The van der Waals surface area contributed by atoms with Gasteiger partial charge in [-0.25, -0.2) is 4.79 Å². The summed E-state index contributed by atoms with van der Waals surface area (Å²) in [5.74, 6) is -2.23. The van der Waals surface area contributed by atoms with Crippen LogP contribution < -0.4 is 5.32 Å². The molecule has 7 nitrogen and oxygen atoms in total. The van der Waals surface area contributed by atoms with E-state index in [4.69, 9.17) is 10.2 Å². The maximum Gasteiger partial charge on any atom is 0.374 e. The number of aromatic carboxylic acids is 1. The lowest BCUT2D eigenvalue weighted by molar-refractivity contribution is 0.0651. The van der Waals surface area contributed by atoms with E-state index in [1.54, 1.807) is 18.2 Å². The maximum atomic E-state index is 11.9. The third kappa shape index (κ3) is 3.90. The van der Waals surface area contributed by atoms with Gasteiger partial charge in [-0.3, -0.25) is 4.79 Å². The zero-order valence-corrected chi connectivity index (χ0v) is 11.1. The summed E-state index contributed by atoms with van der Waals surface area (Å²) in [6.45, 7) is 0.105. The Kier molecular flexibility index (Phi) is 4.68. The van der Waals surface area contributed by atoms with Gasteiger partial charge >= 0.3 is 5.97 Å². The minimum atomic E-state index is -1.28. The number of carbonyl (C=O) groups excluding carboxylic acids is 1. The molecule has 0 saturated carbocycles. The standard InChI is InChI=1S/C14H14N2O5/c17-6-2-4-9-3-1-5-10(7-9)15-13(18)11-8-12(14(19)20)21-16-11/h1,3,5,7-8,17H,2,4,6H2,(H,15,18)(H,19,20). The van der Waals surface area contributed by atoms with Gasteiger partial charge in [0.1, 0.15) is 0 Å². The first-order valence-corrected chi connectivity index (χ1v) is 6.31. The number of hydrogen-bond donors (Lipinski definition) is 3. The third-order valence-electron chi connectivity index (χ3n) is 2.76. The lowest BCUT2D eigenvalue weighted by Crippen LogP contribution is -2.12. The smallest absolute Gasteiger partial charge is 0.374 e. The predicted molar refractivity (Wildman–Crippen MR) is 73.3 cm³/mol. The molecular formula is C14H14N2O5. The average Bonchev–Trinajstić information content (AvgIpc) is 2.95. The van der Waals surface area contributed by atoms with Crippen LogP contribution in [0, 0.1) is 0 Å². The summed E-state index contributed by atoms with van der Waals surface area (Å²) in [5, 5.41) is 23.5. The molecule has 21 heavy (non-hydrogen) atoms. The Morgan fingerprint density at radius 1 is 1.29 bits per heavy atom. The highest BCUT2D eigenvalue weighted by Gasteiger charge is 2.16. The fraction of sp³-hybridized carbons (Fsp3) is 0.214. The van der Waals surface area contributed by atoms with Crippen LogP contribution in [-0.2, 0) is 6.42 Å². The number of anilines is 1. The van der Waals surface area contributed by atoms with Gasteiger partial charge in [0.05, 0.1) is 0 Å². The minimum Gasteiger partial charge on any atom is -0.475 e.